The summed E-state index contributed by atoms with van der Waals surface area (Å²) < 4.78 is 46.7. The van der Waals surface area contributed by atoms with Crippen LogP contribution in [0.2, 0.25) is 0 Å². The Balaban J connectivity index is 1.18. The lowest BCUT2D eigenvalue weighted by molar-refractivity contribution is -0.229. The summed E-state index contributed by atoms with van der Waals surface area (Å²) in [5.41, 5.74) is 1.04. The van der Waals surface area contributed by atoms with Crippen LogP contribution in [0.5, 0.6) is 0 Å². The fourth-order valence-corrected chi connectivity index (χ4v) is 8.96. The fourth-order valence-electron chi connectivity index (χ4n) is 8.96. The molecule has 244 valence electrons. The standard InChI is InChI=1S/C36H52O8/c1-23(2)26-16-15-24(3)21-27(26)39-34(37)40-29-28(38-22-25-13-7-4-8-14-25)30-32(43-35(41-30)17-9-5-10-18-35)33-31(29)42-36(44-33)19-11-6-12-20-36/h4,7-8,13-14,23-24,26-33H,5-6,9-12,15-22H2,1-3H3/t24-,26+,27-,28+,29+,30-,31+,32+,33+/m0/s1. The van der Waals surface area contributed by atoms with Crippen molar-refractivity contribution in [1.82, 2.24) is 0 Å². The molecule has 0 amide bonds. The molecule has 2 aliphatic heterocycles. The van der Waals surface area contributed by atoms with E-state index in [2.05, 4.69) is 20.8 Å². The third kappa shape index (κ3) is 6.18. The summed E-state index contributed by atoms with van der Waals surface area (Å²) in [6, 6.07) is 10.1. The van der Waals surface area contributed by atoms with Crippen molar-refractivity contribution in [3.63, 3.8) is 0 Å². The number of rotatable bonds is 6. The minimum absolute atomic E-state index is 0.163. The predicted molar refractivity (Wildman–Crippen MR) is 163 cm³/mol. The van der Waals surface area contributed by atoms with Crippen molar-refractivity contribution in [3.8, 4) is 0 Å². The Labute approximate surface area is 262 Å². The van der Waals surface area contributed by atoms with Crippen LogP contribution < -0.4 is 0 Å². The third-order valence-electron chi connectivity index (χ3n) is 11.3. The van der Waals surface area contributed by atoms with Gasteiger partial charge in [0, 0.05) is 25.7 Å². The SMILES string of the molecule is CC(C)[C@H]1CC[C@H](C)C[C@@H]1OC(=O)O[C@@H]1[C@@H](OCc2ccccc2)[C@@H]2OC3(CCCCC3)O[C@H]2[C@@H]2OC3(CCCCC3)O[C@H]12. The number of hydrogen-bond donors (Lipinski definition) is 0. The smallest absolute Gasteiger partial charge is 0.431 e. The van der Waals surface area contributed by atoms with Gasteiger partial charge in [0.15, 0.2) is 17.7 Å². The molecule has 4 saturated carbocycles. The van der Waals surface area contributed by atoms with Gasteiger partial charge >= 0.3 is 6.16 Å². The average molecular weight is 613 g/mol. The summed E-state index contributed by atoms with van der Waals surface area (Å²) in [7, 11) is 0. The van der Waals surface area contributed by atoms with E-state index in [0.717, 1.165) is 76.2 Å². The zero-order valence-electron chi connectivity index (χ0n) is 26.8. The minimum Gasteiger partial charge on any atom is -0.431 e. The van der Waals surface area contributed by atoms with Gasteiger partial charge in [-0.3, -0.25) is 0 Å². The molecule has 1 aromatic rings. The van der Waals surface area contributed by atoms with Gasteiger partial charge in [-0.15, -0.1) is 0 Å². The number of ether oxygens (including phenoxy) is 7. The number of carbonyl (C=O) groups is 1. The van der Waals surface area contributed by atoms with Crippen molar-refractivity contribution in [2.24, 2.45) is 17.8 Å². The van der Waals surface area contributed by atoms with Gasteiger partial charge in [-0.2, -0.15) is 0 Å². The molecule has 4 aliphatic carbocycles. The van der Waals surface area contributed by atoms with Crippen molar-refractivity contribution in [3.05, 3.63) is 35.9 Å². The first kappa shape index (κ1) is 30.9. The lowest BCUT2D eigenvalue weighted by Crippen LogP contribution is -2.63. The second-order valence-corrected chi connectivity index (χ2v) is 14.8. The maximum Gasteiger partial charge on any atom is 0.509 e. The molecule has 1 aromatic carbocycles. The van der Waals surface area contributed by atoms with Crippen LogP contribution in [0, 0.1) is 17.8 Å². The minimum atomic E-state index is -0.750. The summed E-state index contributed by atoms with van der Waals surface area (Å²) in [4.78, 5) is 13.7. The van der Waals surface area contributed by atoms with Gasteiger partial charge in [-0.25, -0.2) is 4.79 Å². The molecule has 8 nitrogen and oxygen atoms in total. The highest BCUT2D eigenvalue weighted by Crippen LogP contribution is 2.52. The van der Waals surface area contributed by atoms with Crippen molar-refractivity contribution in [2.75, 3.05) is 0 Å². The van der Waals surface area contributed by atoms with Crippen LogP contribution in [-0.4, -0.2) is 60.5 Å². The third-order valence-corrected chi connectivity index (χ3v) is 11.3. The Hall–Kier alpha value is -1.71. The molecule has 9 atom stereocenters. The van der Waals surface area contributed by atoms with E-state index in [4.69, 9.17) is 33.2 Å². The van der Waals surface area contributed by atoms with E-state index in [1.54, 1.807) is 0 Å². The molecule has 8 heteroatoms. The second-order valence-electron chi connectivity index (χ2n) is 14.8. The van der Waals surface area contributed by atoms with E-state index >= 15 is 0 Å². The van der Waals surface area contributed by atoms with Crippen LogP contribution in [0.3, 0.4) is 0 Å². The van der Waals surface area contributed by atoms with Gasteiger partial charge in [0.2, 0.25) is 0 Å². The molecular formula is C36H52O8. The Bertz CT molecular complexity index is 1110. The first-order valence-electron chi connectivity index (χ1n) is 17.6. The lowest BCUT2D eigenvalue weighted by Gasteiger charge is -2.42. The van der Waals surface area contributed by atoms with Gasteiger partial charge in [-0.05, 0) is 61.8 Å². The maximum atomic E-state index is 13.7. The zero-order valence-corrected chi connectivity index (χ0v) is 26.8. The lowest BCUT2D eigenvalue weighted by atomic mass is 9.75. The summed E-state index contributed by atoms with van der Waals surface area (Å²) in [6.45, 7) is 7.03. The van der Waals surface area contributed by atoms with Crippen molar-refractivity contribution < 1.29 is 38.0 Å². The number of carbonyl (C=O) groups excluding carboxylic acids is 1. The topological polar surface area (TPSA) is 81.7 Å². The predicted octanol–water partition coefficient (Wildman–Crippen LogP) is 7.46. The first-order valence-corrected chi connectivity index (χ1v) is 17.6. The van der Waals surface area contributed by atoms with Crippen LogP contribution in [0.4, 0.5) is 4.79 Å². The molecule has 6 fully saturated rings. The van der Waals surface area contributed by atoms with E-state index < -0.39 is 48.2 Å². The quantitative estimate of drug-likeness (QED) is 0.306. The van der Waals surface area contributed by atoms with E-state index in [9.17, 15) is 4.79 Å². The molecule has 0 radical (unpaired) electrons. The van der Waals surface area contributed by atoms with Crippen LogP contribution in [0.15, 0.2) is 30.3 Å². The van der Waals surface area contributed by atoms with Gasteiger partial charge in [0.25, 0.3) is 0 Å². The molecule has 0 bridgehead atoms. The second kappa shape index (κ2) is 12.8. The monoisotopic (exact) mass is 612 g/mol. The summed E-state index contributed by atoms with van der Waals surface area (Å²) in [5.74, 6) is -0.0863. The van der Waals surface area contributed by atoms with E-state index in [1.165, 1.54) is 12.8 Å². The van der Waals surface area contributed by atoms with Gasteiger partial charge in [0.05, 0.1) is 6.61 Å². The number of benzene rings is 1. The molecule has 0 aromatic heterocycles. The number of hydrogen-bond acceptors (Lipinski definition) is 8. The van der Waals surface area contributed by atoms with E-state index in [1.807, 2.05) is 30.3 Å². The molecule has 44 heavy (non-hydrogen) atoms. The van der Waals surface area contributed by atoms with Crippen molar-refractivity contribution in [1.29, 1.82) is 0 Å². The Morgan fingerprint density at radius 1 is 0.773 bits per heavy atom. The summed E-state index contributed by atoms with van der Waals surface area (Å²) in [5, 5.41) is 0. The first-order chi connectivity index (χ1) is 21.3. The van der Waals surface area contributed by atoms with Crippen LogP contribution in [0.1, 0.15) is 110 Å². The van der Waals surface area contributed by atoms with E-state index in [0.29, 0.717) is 24.4 Å². The zero-order chi connectivity index (χ0) is 30.3. The van der Waals surface area contributed by atoms with Crippen molar-refractivity contribution >= 4 is 6.16 Å². The fraction of sp³-hybridized carbons (Fsp3) is 0.806. The Morgan fingerprint density at radius 3 is 1.93 bits per heavy atom. The molecule has 0 N–H and O–H groups in total. The van der Waals surface area contributed by atoms with Crippen LogP contribution >= 0.6 is 0 Å². The highest BCUT2D eigenvalue weighted by atomic mass is 16.8. The molecule has 6 aliphatic rings. The van der Waals surface area contributed by atoms with Gasteiger partial charge < -0.3 is 33.2 Å². The van der Waals surface area contributed by atoms with E-state index in [-0.39, 0.29) is 12.2 Å². The highest BCUT2D eigenvalue weighted by Gasteiger charge is 2.67. The average Bonchev–Trinajstić information content (AvgIpc) is 3.56. The van der Waals surface area contributed by atoms with Crippen LogP contribution in [-0.2, 0) is 39.8 Å². The molecule has 2 spiro atoms. The summed E-state index contributed by atoms with van der Waals surface area (Å²) in [6.07, 6.45) is 9.09. The number of fused-ring (bicyclic) bond motifs is 3. The molecular weight excluding hydrogens is 560 g/mol. The molecule has 7 rings (SSSR count). The largest absolute Gasteiger partial charge is 0.509 e. The van der Waals surface area contributed by atoms with Crippen molar-refractivity contribution in [2.45, 2.75) is 165 Å². The van der Waals surface area contributed by atoms with Gasteiger partial charge in [0.1, 0.15) is 36.6 Å². The highest BCUT2D eigenvalue weighted by molar-refractivity contribution is 5.60. The normalized spacial score (nSPS) is 39.2. The Morgan fingerprint density at radius 2 is 1.34 bits per heavy atom. The molecule has 2 heterocycles. The molecule has 2 saturated heterocycles. The molecule has 0 unspecified atom stereocenters. The maximum absolute atomic E-state index is 13.7. The van der Waals surface area contributed by atoms with Gasteiger partial charge in [-0.1, -0.05) is 70.4 Å². The van der Waals surface area contributed by atoms with Crippen LogP contribution in [0.25, 0.3) is 0 Å². The summed E-state index contributed by atoms with van der Waals surface area (Å²) >= 11 is 0. The Kier molecular flexibility index (Phi) is 9.01.